The molecule has 8 nitrogen and oxygen atoms in total. The van der Waals surface area contributed by atoms with Gasteiger partial charge in [0.05, 0.1) is 17.4 Å². The Labute approximate surface area is 191 Å². The van der Waals surface area contributed by atoms with Crippen LogP contribution in [-0.4, -0.2) is 43.9 Å². The third-order valence-electron chi connectivity index (χ3n) is 7.10. The summed E-state index contributed by atoms with van der Waals surface area (Å²) in [5.41, 5.74) is 0.734. The average Bonchev–Trinajstić information content (AvgIpc) is 3.21. The summed E-state index contributed by atoms with van der Waals surface area (Å²) in [5, 5.41) is 11.2. The molecule has 1 aliphatic carbocycles. The predicted molar refractivity (Wildman–Crippen MR) is 118 cm³/mol. The minimum absolute atomic E-state index is 0.00393. The first-order chi connectivity index (χ1) is 16.0. The Morgan fingerprint density at radius 1 is 1.03 bits per heavy atom. The van der Waals surface area contributed by atoms with Crippen LogP contribution in [0.5, 0.6) is 0 Å². The van der Waals surface area contributed by atoms with E-state index >= 15 is 0 Å². The quantitative estimate of drug-likeness (QED) is 0.701. The molecule has 0 unspecified atom stereocenters. The fourth-order valence-electron chi connectivity index (χ4n) is 5.35. The number of nitrogens with one attached hydrogen (secondary N) is 1. The number of imide groups is 1. The molecule has 1 saturated heterocycles. The van der Waals surface area contributed by atoms with Crippen LogP contribution in [0.25, 0.3) is 11.4 Å². The molecule has 3 heterocycles. The maximum atomic E-state index is 14.7. The third kappa shape index (κ3) is 4.16. The van der Waals surface area contributed by atoms with E-state index in [-0.39, 0.29) is 42.5 Å². The van der Waals surface area contributed by atoms with Gasteiger partial charge in [-0.25, -0.2) is 4.39 Å². The highest BCUT2D eigenvalue weighted by molar-refractivity contribution is 6.05. The van der Waals surface area contributed by atoms with Crippen molar-refractivity contribution >= 4 is 23.4 Å². The molecule has 0 spiro atoms. The van der Waals surface area contributed by atoms with E-state index in [2.05, 4.69) is 15.5 Å². The molecule has 1 aromatic carbocycles. The standard InChI is InChI=1S/C24H28FN5O3/c25-19-10-9-15(14-18(19)22-28-27-20-8-2-1-5-12-29(20)22)26-21(31)11-13-30-23(32)16-6-3-4-7-17(16)24(30)33/h9-10,14,16-17H,1-8,11-13H2,(H,26,31)/t16-,17-/m0/s1. The summed E-state index contributed by atoms with van der Waals surface area (Å²) in [5.74, 6) is -0.151. The first kappa shape index (κ1) is 21.7. The minimum atomic E-state index is -0.427. The number of carbonyl (C=O) groups excluding carboxylic acids is 3. The summed E-state index contributed by atoms with van der Waals surface area (Å²) in [6, 6.07) is 4.37. The van der Waals surface area contributed by atoms with Crippen molar-refractivity contribution in [3.8, 4) is 11.4 Å². The van der Waals surface area contributed by atoms with Gasteiger partial charge in [-0.05, 0) is 43.9 Å². The van der Waals surface area contributed by atoms with E-state index in [1.807, 2.05) is 4.57 Å². The number of fused-ring (bicyclic) bond motifs is 2. The zero-order valence-electron chi connectivity index (χ0n) is 18.6. The first-order valence-electron chi connectivity index (χ1n) is 11.9. The number of nitrogens with zero attached hydrogens (tertiary/aromatic N) is 4. The molecule has 1 N–H and O–H groups in total. The number of hydrogen-bond donors (Lipinski definition) is 1. The molecule has 2 fully saturated rings. The molecule has 2 aromatic rings. The van der Waals surface area contributed by atoms with Crippen molar-refractivity contribution in [2.45, 2.75) is 64.3 Å². The van der Waals surface area contributed by atoms with Crippen LogP contribution < -0.4 is 5.32 Å². The summed E-state index contributed by atoms with van der Waals surface area (Å²) in [7, 11) is 0. The second-order valence-corrected chi connectivity index (χ2v) is 9.22. The predicted octanol–water partition coefficient (Wildman–Crippen LogP) is 3.31. The summed E-state index contributed by atoms with van der Waals surface area (Å²) in [4.78, 5) is 39.0. The van der Waals surface area contributed by atoms with Crippen molar-refractivity contribution in [2.24, 2.45) is 11.8 Å². The Bertz CT molecular complexity index is 1070. The molecule has 2 atom stereocenters. The van der Waals surface area contributed by atoms with Crippen molar-refractivity contribution in [1.82, 2.24) is 19.7 Å². The number of halogens is 1. The van der Waals surface area contributed by atoms with Crippen LogP contribution >= 0.6 is 0 Å². The van der Waals surface area contributed by atoms with Crippen LogP contribution in [0.15, 0.2) is 18.2 Å². The summed E-state index contributed by atoms with van der Waals surface area (Å²) in [6.07, 6.45) is 7.40. The van der Waals surface area contributed by atoms with Gasteiger partial charge in [0.15, 0.2) is 5.82 Å². The largest absolute Gasteiger partial charge is 0.326 e. The highest BCUT2D eigenvalue weighted by Gasteiger charge is 2.47. The van der Waals surface area contributed by atoms with E-state index < -0.39 is 5.82 Å². The van der Waals surface area contributed by atoms with Crippen LogP contribution in [0.3, 0.4) is 0 Å². The smallest absolute Gasteiger partial charge is 0.233 e. The van der Waals surface area contributed by atoms with E-state index in [1.165, 1.54) is 17.0 Å². The molecule has 0 radical (unpaired) electrons. The first-order valence-corrected chi connectivity index (χ1v) is 11.9. The van der Waals surface area contributed by atoms with Gasteiger partial charge in [-0.1, -0.05) is 19.3 Å². The molecule has 1 saturated carbocycles. The molecule has 9 heteroatoms. The Hall–Kier alpha value is -3.10. The minimum Gasteiger partial charge on any atom is -0.326 e. The summed E-state index contributed by atoms with van der Waals surface area (Å²) < 4.78 is 16.6. The van der Waals surface area contributed by atoms with Crippen molar-refractivity contribution in [1.29, 1.82) is 0 Å². The van der Waals surface area contributed by atoms with Crippen molar-refractivity contribution in [2.75, 3.05) is 11.9 Å². The summed E-state index contributed by atoms with van der Waals surface area (Å²) in [6.45, 7) is 0.815. The zero-order chi connectivity index (χ0) is 22.9. The lowest BCUT2D eigenvalue weighted by molar-refractivity contribution is -0.140. The van der Waals surface area contributed by atoms with E-state index in [1.54, 1.807) is 6.07 Å². The van der Waals surface area contributed by atoms with Crippen molar-refractivity contribution < 1.29 is 18.8 Å². The van der Waals surface area contributed by atoms with E-state index in [0.717, 1.165) is 63.7 Å². The molecular weight excluding hydrogens is 425 g/mol. The Balaban J connectivity index is 1.26. The number of hydrogen-bond acceptors (Lipinski definition) is 5. The monoisotopic (exact) mass is 453 g/mol. The van der Waals surface area contributed by atoms with Crippen LogP contribution in [0, 0.1) is 17.7 Å². The molecule has 174 valence electrons. The molecule has 1 aromatic heterocycles. The highest BCUT2D eigenvalue weighted by Crippen LogP contribution is 2.38. The number of anilines is 1. The molecular formula is C24H28FN5O3. The topological polar surface area (TPSA) is 97.2 Å². The van der Waals surface area contributed by atoms with E-state index in [9.17, 15) is 18.8 Å². The molecule has 5 rings (SSSR count). The van der Waals surface area contributed by atoms with E-state index in [4.69, 9.17) is 0 Å². The van der Waals surface area contributed by atoms with Gasteiger partial charge >= 0.3 is 0 Å². The number of likely N-dealkylation sites (tertiary alicyclic amines) is 1. The molecule has 2 aliphatic heterocycles. The number of benzene rings is 1. The summed E-state index contributed by atoms with van der Waals surface area (Å²) >= 11 is 0. The van der Waals surface area contributed by atoms with Gasteiger partial charge in [0, 0.05) is 31.6 Å². The number of aryl methyl sites for hydroxylation is 1. The SMILES string of the molecule is O=C(CCN1C(=O)[C@H]2CCCC[C@@H]2C1=O)Nc1ccc(F)c(-c2nnc3n2CCCCC3)c1. The van der Waals surface area contributed by atoms with Crippen LogP contribution in [0.1, 0.15) is 57.2 Å². The Morgan fingerprint density at radius 2 is 1.79 bits per heavy atom. The molecule has 0 bridgehead atoms. The number of amides is 3. The number of carbonyl (C=O) groups is 3. The second kappa shape index (κ2) is 9.03. The average molecular weight is 454 g/mol. The molecule has 33 heavy (non-hydrogen) atoms. The van der Waals surface area contributed by atoms with Gasteiger partial charge in [-0.2, -0.15) is 0 Å². The van der Waals surface area contributed by atoms with Crippen LogP contribution in [0.4, 0.5) is 10.1 Å². The lowest BCUT2D eigenvalue weighted by Crippen LogP contribution is -2.34. The Morgan fingerprint density at radius 3 is 2.55 bits per heavy atom. The highest BCUT2D eigenvalue weighted by atomic mass is 19.1. The third-order valence-corrected chi connectivity index (χ3v) is 7.10. The van der Waals surface area contributed by atoms with Crippen LogP contribution in [-0.2, 0) is 27.3 Å². The van der Waals surface area contributed by atoms with Gasteiger partial charge in [0.2, 0.25) is 17.7 Å². The lowest BCUT2D eigenvalue weighted by atomic mass is 9.81. The van der Waals surface area contributed by atoms with Gasteiger partial charge in [-0.3, -0.25) is 19.3 Å². The Kier molecular flexibility index (Phi) is 5.95. The second-order valence-electron chi connectivity index (χ2n) is 9.22. The maximum Gasteiger partial charge on any atom is 0.233 e. The number of aromatic nitrogens is 3. The number of rotatable bonds is 5. The molecule has 3 aliphatic rings. The zero-order valence-corrected chi connectivity index (χ0v) is 18.6. The van der Waals surface area contributed by atoms with Gasteiger partial charge in [-0.15, -0.1) is 10.2 Å². The maximum absolute atomic E-state index is 14.7. The van der Waals surface area contributed by atoms with Crippen LogP contribution in [0.2, 0.25) is 0 Å². The fraction of sp³-hybridized carbons (Fsp3) is 0.542. The normalized spacial score (nSPS) is 22.6. The van der Waals surface area contributed by atoms with Crippen molar-refractivity contribution in [3.63, 3.8) is 0 Å². The van der Waals surface area contributed by atoms with Gasteiger partial charge < -0.3 is 9.88 Å². The van der Waals surface area contributed by atoms with E-state index in [0.29, 0.717) is 17.1 Å². The fourth-order valence-corrected chi connectivity index (χ4v) is 5.35. The van der Waals surface area contributed by atoms with Crippen molar-refractivity contribution in [3.05, 3.63) is 29.8 Å². The van der Waals surface area contributed by atoms with Gasteiger partial charge in [0.25, 0.3) is 0 Å². The van der Waals surface area contributed by atoms with Gasteiger partial charge in [0.1, 0.15) is 11.6 Å². The lowest BCUT2D eigenvalue weighted by Gasteiger charge is -2.19. The molecule has 3 amide bonds.